The fraction of sp³-hybridized carbons (Fsp3) is 0.571. The van der Waals surface area contributed by atoms with E-state index in [1.54, 1.807) is 6.08 Å². The van der Waals surface area contributed by atoms with Crippen LogP contribution < -0.4 is 5.73 Å². The molecule has 0 aromatic carbocycles. The van der Waals surface area contributed by atoms with Gasteiger partial charge >= 0.3 is 6.03 Å². The highest BCUT2D eigenvalue weighted by molar-refractivity contribution is 5.71. The Kier molecular flexibility index (Phi) is 5.60. The maximum atomic E-state index is 10.4. The molecule has 0 rings (SSSR count). The number of amides is 2. The first kappa shape index (κ1) is 10.6. The summed E-state index contributed by atoms with van der Waals surface area (Å²) in [5.74, 6) is 0. The van der Waals surface area contributed by atoms with Crippen molar-refractivity contribution in [1.29, 1.82) is 0 Å². The standard InChI is InChI=1S/C7H13N3O2/c1-2-3-4-5-6-10(9-12)7(8)11/h2H,1,3-6H2,(H2,8,11). The van der Waals surface area contributed by atoms with Crippen LogP contribution in [0.15, 0.2) is 17.9 Å². The first-order chi connectivity index (χ1) is 5.72. The Labute approximate surface area is 71.2 Å². The van der Waals surface area contributed by atoms with Crippen molar-refractivity contribution in [2.75, 3.05) is 6.54 Å². The molecule has 0 aliphatic rings. The number of nitrogens with zero attached hydrogens (tertiary/aromatic N) is 2. The fourth-order valence-corrected chi connectivity index (χ4v) is 0.742. The van der Waals surface area contributed by atoms with Crippen LogP contribution in [0.25, 0.3) is 0 Å². The van der Waals surface area contributed by atoms with E-state index in [0.717, 1.165) is 12.8 Å². The lowest BCUT2D eigenvalue weighted by atomic mass is 10.2. The first-order valence-electron chi connectivity index (χ1n) is 3.73. The number of unbranched alkanes of at least 4 members (excludes halogenated alkanes) is 2. The molecular formula is C7H13N3O2. The van der Waals surface area contributed by atoms with E-state index in [4.69, 9.17) is 5.73 Å². The predicted octanol–water partition coefficient (Wildman–Crippen LogP) is 1.40. The van der Waals surface area contributed by atoms with E-state index in [9.17, 15) is 9.70 Å². The minimum absolute atomic E-state index is 0.284. The van der Waals surface area contributed by atoms with Gasteiger partial charge in [-0.05, 0) is 19.3 Å². The molecule has 0 heterocycles. The number of primary amides is 1. The summed E-state index contributed by atoms with van der Waals surface area (Å²) < 4.78 is 0. The number of hydrogen-bond donors (Lipinski definition) is 1. The summed E-state index contributed by atoms with van der Waals surface area (Å²) in [5.41, 5.74) is 4.84. The Balaban J connectivity index is 3.51. The zero-order valence-corrected chi connectivity index (χ0v) is 6.90. The van der Waals surface area contributed by atoms with Gasteiger partial charge in [0.05, 0.1) is 5.29 Å². The zero-order valence-electron chi connectivity index (χ0n) is 6.90. The molecule has 0 saturated heterocycles. The van der Waals surface area contributed by atoms with Gasteiger partial charge in [-0.15, -0.1) is 11.5 Å². The van der Waals surface area contributed by atoms with Crippen LogP contribution in [0.5, 0.6) is 0 Å². The molecule has 0 aromatic heterocycles. The van der Waals surface area contributed by atoms with Crippen molar-refractivity contribution < 1.29 is 4.79 Å². The SMILES string of the molecule is C=CCCCCN(N=O)C(N)=O. The largest absolute Gasteiger partial charge is 0.350 e. The Morgan fingerprint density at radius 3 is 2.67 bits per heavy atom. The van der Waals surface area contributed by atoms with Crippen LogP contribution >= 0.6 is 0 Å². The molecule has 0 atom stereocenters. The summed E-state index contributed by atoms with van der Waals surface area (Å²) in [6, 6.07) is -0.802. The van der Waals surface area contributed by atoms with Gasteiger partial charge in [0.25, 0.3) is 0 Å². The molecule has 0 aliphatic heterocycles. The highest BCUT2D eigenvalue weighted by Crippen LogP contribution is 1.99. The number of rotatable bonds is 6. The van der Waals surface area contributed by atoms with Crippen molar-refractivity contribution >= 4 is 6.03 Å². The van der Waals surface area contributed by atoms with Crippen LogP contribution in [0.3, 0.4) is 0 Å². The quantitative estimate of drug-likeness (QED) is 0.284. The van der Waals surface area contributed by atoms with Crippen molar-refractivity contribution in [3.05, 3.63) is 17.6 Å². The van der Waals surface area contributed by atoms with Crippen molar-refractivity contribution in [2.24, 2.45) is 11.0 Å². The molecule has 0 unspecified atom stereocenters. The topological polar surface area (TPSA) is 75.8 Å². The average Bonchev–Trinajstić information content (AvgIpc) is 2.04. The number of hydrogen-bond acceptors (Lipinski definition) is 3. The normalized spacial score (nSPS) is 9.00. The molecule has 0 spiro atoms. The summed E-state index contributed by atoms with van der Waals surface area (Å²) in [6.07, 6.45) is 4.23. The highest BCUT2D eigenvalue weighted by Gasteiger charge is 2.07. The molecule has 0 aromatic rings. The molecule has 0 fully saturated rings. The van der Waals surface area contributed by atoms with E-state index in [-0.39, 0.29) is 6.54 Å². The number of nitroso groups, excluding NO2 is 1. The molecule has 0 aliphatic carbocycles. The van der Waals surface area contributed by atoms with Gasteiger partial charge in [0, 0.05) is 6.54 Å². The minimum Gasteiger partial charge on any atom is -0.350 e. The molecule has 2 amide bonds. The molecular weight excluding hydrogens is 158 g/mol. The van der Waals surface area contributed by atoms with Gasteiger partial charge in [-0.2, -0.15) is 5.01 Å². The molecule has 2 N–H and O–H groups in total. The lowest BCUT2D eigenvalue weighted by Crippen LogP contribution is -2.31. The van der Waals surface area contributed by atoms with Crippen LogP contribution in [0.4, 0.5) is 4.79 Å². The van der Waals surface area contributed by atoms with Crippen LogP contribution in [0.2, 0.25) is 0 Å². The molecule has 0 radical (unpaired) electrons. The maximum absolute atomic E-state index is 10.4. The molecule has 0 bridgehead atoms. The Bertz CT molecular complexity index is 170. The summed E-state index contributed by atoms with van der Waals surface area (Å²) in [6.45, 7) is 3.83. The average molecular weight is 171 g/mol. The highest BCUT2D eigenvalue weighted by atomic mass is 16.3. The summed E-state index contributed by atoms with van der Waals surface area (Å²) in [7, 11) is 0. The van der Waals surface area contributed by atoms with Crippen LogP contribution in [-0.2, 0) is 0 Å². The fourth-order valence-electron chi connectivity index (χ4n) is 0.742. The van der Waals surface area contributed by atoms with Crippen LogP contribution in [0, 0.1) is 4.91 Å². The minimum atomic E-state index is -0.802. The lowest BCUT2D eigenvalue weighted by Gasteiger charge is -2.08. The summed E-state index contributed by atoms with van der Waals surface area (Å²) in [4.78, 5) is 20.4. The van der Waals surface area contributed by atoms with Crippen molar-refractivity contribution in [3.8, 4) is 0 Å². The lowest BCUT2D eigenvalue weighted by molar-refractivity contribution is 0.208. The van der Waals surface area contributed by atoms with Crippen molar-refractivity contribution in [3.63, 3.8) is 0 Å². The van der Waals surface area contributed by atoms with E-state index >= 15 is 0 Å². The van der Waals surface area contributed by atoms with E-state index in [0.29, 0.717) is 11.4 Å². The smallest absolute Gasteiger partial charge is 0.337 e. The second-order valence-electron chi connectivity index (χ2n) is 2.33. The maximum Gasteiger partial charge on any atom is 0.337 e. The number of nitrogens with two attached hydrogens (primary N) is 1. The van der Waals surface area contributed by atoms with E-state index in [1.807, 2.05) is 0 Å². The van der Waals surface area contributed by atoms with E-state index < -0.39 is 6.03 Å². The molecule has 12 heavy (non-hydrogen) atoms. The van der Waals surface area contributed by atoms with Gasteiger partial charge in [0.1, 0.15) is 0 Å². The molecule has 0 saturated carbocycles. The molecule has 5 heteroatoms. The Morgan fingerprint density at radius 1 is 1.58 bits per heavy atom. The third kappa shape index (κ3) is 4.43. The first-order valence-corrected chi connectivity index (χ1v) is 3.73. The van der Waals surface area contributed by atoms with Crippen LogP contribution in [-0.4, -0.2) is 17.6 Å². The van der Waals surface area contributed by atoms with Gasteiger partial charge in [-0.25, -0.2) is 4.79 Å². The number of carbonyl (C=O) groups is 1. The van der Waals surface area contributed by atoms with E-state index in [2.05, 4.69) is 11.9 Å². The van der Waals surface area contributed by atoms with Gasteiger partial charge in [-0.1, -0.05) is 6.08 Å². The molecule has 68 valence electrons. The number of allylic oxidation sites excluding steroid dienone is 1. The van der Waals surface area contributed by atoms with Crippen molar-refractivity contribution in [2.45, 2.75) is 19.3 Å². The van der Waals surface area contributed by atoms with Crippen molar-refractivity contribution in [1.82, 2.24) is 5.01 Å². The third-order valence-electron chi connectivity index (χ3n) is 1.38. The van der Waals surface area contributed by atoms with Gasteiger partial charge in [0.15, 0.2) is 0 Å². The summed E-state index contributed by atoms with van der Waals surface area (Å²) >= 11 is 0. The van der Waals surface area contributed by atoms with Gasteiger partial charge in [-0.3, -0.25) is 0 Å². The summed E-state index contributed by atoms with van der Waals surface area (Å²) in [5, 5.41) is 3.18. The third-order valence-corrected chi connectivity index (χ3v) is 1.38. The Morgan fingerprint density at radius 2 is 2.25 bits per heavy atom. The van der Waals surface area contributed by atoms with Crippen LogP contribution in [0.1, 0.15) is 19.3 Å². The predicted molar refractivity (Wildman–Crippen MR) is 46.1 cm³/mol. The second kappa shape index (κ2) is 6.33. The number of urea groups is 1. The zero-order chi connectivity index (χ0) is 9.40. The molecule has 5 nitrogen and oxygen atoms in total. The monoisotopic (exact) mass is 171 g/mol. The van der Waals surface area contributed by atoms with Gasteiger partial charge in [0.2, 0.25) is 0 Å². The van der Waals surface area contributed by atoms with E-state index in [1.165, 1.54) is 0 Å². The Hall–Kier alpha value is -1.39. The van der Waals surface area contributed by atoms with Gasteiger partial charge < -0.3 is 5.73 Å². The number of carbonyl (C=O) groups excluding carboxylic acids is 1. The second-order valence-corrected chi connectivity index (χ2v) is 2.33.